The van der Waals surface area contributed by atoms with Crippen LogP contribution in [0.2, 0.25) is 0 Å². The fourth-order valence-corrected chi connectivity index (χ4v) is 1.80. The zero-order valence-corrected chi connectivity index (χ0v) is 10.1. The summed E-state index contributed by atoms with van der Waals surface area (Å²) in [5.74, 6) is -1.83. The molecule has 1 atom stereocenters. The van der Waals surface area contributed by atoms with Crippen molar-refractivity contribution >= 4 is 11.9 Å². The fourth-order valence-electron chi connectivity index (χ4n) is 1.80. The zero-order valence-electron chi connectivity index (χ0n) is 10.1. The van der Waals surface area contributed by atoms with E-state index in [1.165, 1.54) is 12.1 Å². The Bertz CT molecular complexity index is 459. The molecule has 1 fully saturated rings. The van der Waals surface area contributed by atoms with E-state index >= 15 is 0 Å². The lowest BCUT2D eigenvalue weighted by Gasteiger charge is -2.21. The van der Waals surface area contributed by atoms with Gasteiger partial charge in [0.15, 0.2) is 5.76 Å². The molecule has 6 heteroatoms. The molecule has 1 aliphatic heterocycles. The Kier molecular flexibility index (Phi) is 3.38. The van der Waals surface area contributed by atoms with Gasteiger partial charge in [-0.05, 0) is 18.6 Å². The van der Waals surface area contributed by atoms with Gasteiger partial charge < -0.3 is 19.6 Å². The van der Waals surface area contributed by atoms with Crippen LogP contribution in [0.3, 0.4) is 0 Å². The van der Waals surface area contributed by atoms with Crippen molar-refractivity contribution in [2.45, 2.75) is 13.3 Å². The molecule has 6 nitrogen and oxygen atoms in total. The van der Waals surface area contributed by atoms with Gasteiger partial charge in [-0.3, -0.25) is 4.79 Å². The van der Waals surface area contributed by atoms with E-state index in [4.69, 9.17) is 14.3 Å². The summed E-state index contributed by atoms with van der Waals surface area (Å²) in [7, 11) is 0. The summed E-state index contributed by atoms with van der Waals surface area (Å²) >= 11 is 0. The Morgan fingerprint density at radius 2 is 2.17 bits per heavy atom. The normalized spacial score (nSPS) is 22.9. The average molecular weight is 253 g/mol. The Morgan fingerprint density at radius 1 is 1.44 bits per heavy atom. The number of carbonyl (C=O) groups is 2. The number of rotatable bonds is 4. The summed E-state index contributed by atoms with van der Waals surface area (Å²) in [6.07, 6.45) is 0.895. The van der Waals surface area contributed by atoms with Crippen molar-refractivity contribution in [3.05, 3.63) is 23.7 Å². The quantitative estimate of drug-likeness (QED) is 0.839. The minimum Gasteiger partial charge on any atom is -0.475 e. The molecule has 0 saturated carbocycles. The second-order valence-electron chi connectivity index (χ2n) is 4.76. The van der Waals surface area contributed by atoms with Gasteiger partial charge in [-0.25, -0.2) is 4.79 Å². The first-order valence-electron chi connectivity index (χ1n) is 5.69. The van der Waals surface area contributed by atoms with E-state index in [1.807, 2.05) is 6.92 Å². The van der Waals surface area contributed by atoms with Crippen LogP contribution in [0, 0.1) is 5.41 Å². The van der Waals surface area contributed by atoms with Crippen molar-refractivity contribution in [1.29, 1.82) is 0 Å². The van der Waals surface area contributed by atoms with E-state index in [0.717, 1.165) is 6.42 Å². The number of hydrogen-bond donors (Lipinski definition) is 2. The molecule has 2 heterocycles. The van der Waals surface area contributed by atoms with Crippen molar-refractivity contribution < 1.29 is 23.8 Å². The molecule has 0 bridgehead atoms. The number of carbonyl (C=O) groups excluding carboxylic acids is 1. The summed E-state index contributed by atoms with van der Waals surface area (Å²) in [6, 6.07) is 2.61. The van der Waals surface area contributed by atoms with Gasteiger partial charge in [0.05, 0.1) is 6.61 Å². The van der Waals surface area contributed by atoms with Crippen LogP contribution in [0.25, 0.3) is 0 Å². The number of furan rings is 1. The third-order valence-corrected chi connectivity index (χ3v) is 3.02. The van der Waals surface area contributed by atoms with Crippen LogP contribution in [0.15, 0.2) is 16.5 Å². The molecule has 1 amide bonds. The van der Waals surface area contributed by atoms with E-state index in [-0.39, 0.29) is 16.9 Å². The number of carboxylic acids is 1. The lowest BCUT2D eigenvalue weighted by Crippen LogP contribution is -2.35. The molecule has 1 unspecified atom stereocenters. The molecule has 2 N–H and O–H groups in total. The molecule has 0 aromatic carbocycles. The predicted octanol–water partition coefficient (Wildman–Crippen LogP) is 1.13. The van der Waals surface area contributed by atoms with Gasteiger partial charge in [-0.2, -0.15) is 0 Å². The number of hydrogen-bond acceptors (Lipinski definition) is 4. The summed E-state index contributed by atoms with van der Waals surface area (Å²) in [5, 5.41) is 11.4. The average Bonchev–Trinajstić information content (AvgIpc) is 2.95. The Labute approximate surface area is 104 Å². The van der Waals surface area contributed by atoms with Gasteiger partial charge in [0.25, 0.3) is 5.91 Å². The Hall–Kier alpha value is -1.82. The number of carboxylic acid groups (broad SMARTS) is 1. The first-order valence-corrected chi connectivity index (χ1v) is 5.69. The molecule has 0 radical (unpaired) electrons. The second-order valence-corrected chi connectivity index (χ2v) is 4.76. The monoisotopic (exact) mass is 253 g/mol. The molecule has 2 rings (SSSR count). The van der Waals surface area contributed by atoms with Crippen LogP contribution in [0.4, 0.5) is 0 Å². The van der Waals surface area contributed by atoms with Crippen LogP contribution in [0.5, 0.6) is 0 Å². The summed E-state index contributed by atoms with van der Waals surface area (Å²) in [6.45, 7) is 3.84. The van der Waals surface area contributed by atoms with E-state index < -0.39 is 11.9 Å². The van der Waals surface area contributed by atoms with Gasteiger partial charge in [0, 0.05) is 18.6 Å². The second kappa shape index (κ2) is 4.81. The standard InChI is InChI=1S/C12H15NO5/c1-12(4-5-17-7-12)6-13-10(14)8-2-3-9(18-8)11(15)16/h2-3H,4-7H2,1H3,(H,13,14)(H,15,16). The lowest BCUT2D eigenvalue weighted by atomic mass is 9.90. The van der Waals surface area contributed by atoms with Crippen LogP contribution in [0.1, 0.15) is 34.5 Å². The van der Waals surface area contributed by atoms with Crippen molar-refractivity contribution in [2.75, 3.05) is 19.8 Å². The number of nitrogens with one attached hydrogen (secondary N) is 1. The van der Waals surface area contributed by atoms with E-state index in [9.17, 15) is 9.59 Å². The van der Waals surface area contributed by atoms with Crippen LogP contribution in [-0.2, 0) is 4.74 Å². The van der Waals surface area contributed by atoms with Crippen molar-refractivity contribution in [1.82, 2.24) is 5.32 Å². The minimum absolute atomic E-state index is 0.00918. The molecule has 1 aromatic rings. The Balaban J connectivity index is 1.93. The van der Waals surface area contributed by atoms with Crippen LogP contribution in [-0.4, -0.2) is 36.7 Å². The largest absolute Gasteiger partial charge is 0.475 e. The highest BCUT2D eigenvalue weighted by molar-refractivity contribution is 5.93. The van der Waals surface area contributed by atoms with E-state index in [1.54, 1.807) is 0 Å². The third-order valence-electron chi connectivity index (χ3n) is 3.02. The van der Waals surface area contributed by atoms with Crippen LogP contribution < -0.4 is 5.32 Å². The number of amides is 1. The molecule has 1 aliphatic rings. The van der Waals surface area contributed by atoms with E-state index in [2.05, 4.69) is 5.32 Å². The van der Waals surface area contributed by atoms with Gasteiger partial charge in [0.2, 0.25) is 5.76 Å². The Morgan fingerprint density at radius 3 is 2.72 bits per heavy atom. The predicted molar refractivity (Wildman–Crippen MR) is 61.5 cm³/mol. The van der Waals surface area contributed by atoms with E-state index in [0.29, 0.717) is 19.8 Å². The number of ether oxygens (including phenoxy) is 1. The van der Waals surface area contributed by atoms with Crippen LogP contribution >= 0.6 is 0 Å². The van der Waals surface area contributed by atoms with Crippen molar-refractivity contribution in [2.24, 2.45) is 5.41 Å². The maximum absolute atomic E-state index is 11.7. The lowest BCUT2D eigenvalue weighted by molar-refractivity contribution is 0.0659. The molecular formula is C12H15NO5. The molecule has 18 heavy (non-hydrogen) atoms. The van der Waals surface area contributed by atoms with Gasteiger partial charge >= 0.3 is 5.97 Å². The maximum Gasteiger partial charge on any atom is 0.371 e. The SMILES string of the molecule is CC1(CNC(=O)c2ccc(C(=O)O)o2)CCOC1. The summed E-state index contributed by atoms with van der Waals surface area (Å²) < 4.78 is 10.2. The molecule has 1 saturated heterocycles. The highest BCUT2D eigenvalue weighted by Crippen LogP contribution is 2.26. The highest BCUT2D eigenvalue weighted by Gasteiger charge is 2.30. The van der Waals surface area contributed by atoms with Crippen molar-refractivity contribution in [3.8, 4) is 0 Å². The topological polar surface area (TPSA) is 88.8 Å². The first-order chi connectivity index (χ1) is 8.50. The van der Waals surface area contributed by atoms with Gasteiger partial charge in [-0.15, -0.1) is 0 Å². The fraction of sp³-hybridized carbons (Fsp3) is 0.500. The number of aromatic carboxylic acids is 1. The zero-order chi connectivity index (χ0) is 13.2. The van der Waals surface area contributed by atoms with Crippen molar-refractivity contribution in [3.63, 3.8) is 0 Å². The smallest absolute Gasteiger partial charge is 0.371 e. The highest BCUT2D eigenvalue weighted by atomic mass is 16.5. The third kappa shape index (κ3) is 2.70. The molecule has 0 aliphatic carbocycles. The first kappa shape index (κ1) is 12.6. The summed E-state index contributed by atoms with van der Waals surface area (Å²) in [5.41, 5.74) is -0.0577. The minimum atomic E-state index is -1.19. The maximum atomic E-state index is 11.7. The molecule has 98 valence electrons. The summed E-state index contributed by atoms with van der Waals surface area (Å²) in [4.78, 5) is 22.4. The molecular weight excluding hydrogens is 238 g/mol. The molecule has 0 spiro atoms. The van der Waals surface area contributed by atoms with Gasteiger partial charge in [-0.1, -0.05) is 6.92 Å². The van der Waals surface area contributed by atoms with Gasteiger partial charge in [0.1, 0.15) is 0 Å². The molecule has 1 aromatic heterocycles.